The number of fused-ring (bicyclic) bond motifs is 1. The molecule has 14 heavy (non-hydrogen) atoms. The van der Waals surface area contributed by atoms with Crippen LogP contribution in [0.25, 0.3) is 10.9 Å². The van der Waals surface area contributed by atoms with Crippen molar-refractivity contribution >= 4 is 22.5 Å². The first kappa shape index (κ1) is 9.16. The number of aromatic nitrogens is 1. The number of H-pyrrole nitrogens is 1. The average Bonchev–Trinajstić information content (AvgIpc) is 2.61. The van der Waals surface area contributed by atoms with E-state index >= 15 is 0 Å². The summed E-state index contributed by atoms with van der Waals surface area (Å²) in [6, 6.07) is 7.84. The van der Waals surface area contributed by atoms with Gasteiger partial charge in [-0.25, -0.2) is 0 Å². The van der Waals surface area contributed by atoms with Crippen molar-refractivity contribution in [1.82, 2.24) is 4.98 Å². The Labute approximate surface area is 87.1 Å². The van der Waals surface area contributed by atoms with E-state index in [9.17, 15) is 0 Å². The molecule has 0 fully saturated rings. The monoisotopic (exact) mass is 207 g/mol. The highest BCUT2D eigenvalue weighted by Gasteiger charge is 1.98. The fourth-order valence-corrected chi connectivity index (χ4v) is 1.34. The zero-order valence-electron chi connectivity index (χ0n) is 7.59. The molecule has 1 heterocycles. The van der Waals surface area contributed by atoms with Crippen molar-refractivity contribution in [1.29, 1.82) is 0 Å². The maximum absolute atomic E-state index is 5.60. The minimum absolute atomic E-state index is 0.345. The lowest BCUT2D eigenvalue weighted by atomic mass is 10.2. The van der Waals surface area contributed by atoms with Gasteiger partial charge in [-0.15, -0.1) is 0 Å². The molecule has 1 N–H and O–H groups in total. The van der Waals surface area contributed by atoms with Gasteiger partial charge >= 0.3 is 0 Å². The van der Waals surface area contributed by atoms with Crippen LogP contribution in [0, 0.1) is 0 Å². The molecular formula is C11H10ClNO. The molecule has 2 rings (SSSR count). The maximum atomic E-state index is 5.60. The summed E-state index contributed by atoms with van der Waals surface area (Å²) in [7, 11) is 0. The third-order valence-electron chi connectivity index (χ3n) is 1.92. The van der Waals surface area contributed by atoms with E-state index in [2.05, 4.69) is 11.6 Å². The molecule has 0 spiro atoms. The van der Waals surface area contributed by atoms with E-state index < -0.39 is 0 Å². The van der Waals surface area contributed by atoms with E-state index in [4.69, 9.17) is 16.3 Å². The molecule has 3 heteroatoms. The number of ether oxygens (including phenoxy) is 1. The first-order valence-electron chi connectivity index (χ1n) is 4.29. The number of hydrogen-bond acceptors (Lipinski definition) is 1. The quantitative estimate of drug-likeness (QED) is 0.821. The molecule has 0 atom stereocenters. The van der Waals surface area contributed by atoms with Crippen molar-refractivity contribution in [2.75, 3.05) is 6.61 Å². The summed E-state index contributed by atoms with van der Waals surface area (Å²) in [6.45, 7) is 3.90. The van der Waals surface area contributed by atoms with Crippen LogP contribution in [0.1, 0.15) is 0 Å². The lowest BCUT2D eigenvalue weighted by molar-refractivity contribution is 0.360. The van der Waals surface area contributed by atoms with Crippen molar-refractivity contribution in [2.24, 2.45) is 0 Å². The van der Waals surface area contributed by atoms with Gasteiger partial charge in [-0.05, 0) is 24.3 Å². The highest BCUT2D eigenvalue weighted by Crippen LogP contribution is 2.20. The molecule has 72 valence electrons. The van der Waals surface area contributed by atoms with Gasteiger partial charge in [0.25, 0.3) is 0 Å². The van der Waals surface area contributed by atoms with Gasteiger partial charge in [0.1, 0.15) is 12.4 Å². The Morgan fingerprint density at radius 2 is 2.29 bits per heavy atom. The van der Waals surface area contributed by atoms with Crippen molar-refractivity contribution < 1.29 is 4.74 Å². The second-order valence-corrected chi connectivity index (χ2v) is 3.57. The Morgan fingerprint density at radius 1 is 1.43 bits per heavy atom. The molecule has 1 aromatic heterocycles. The standard InChI is InChI=1S/C11H10ClNO/c1-8(12)7-14-10-2-3-11-9(6-10)4-5-13-11/h2-6,13H,1,7H2. The molecule has 0 saturated heterocycles. The van der Waals surface area contributed by atoms with Crippen LogP contribution in [0.3, 0.4) is 0 Å². The maximum Gasteiger partial charge on any atom is 0.123 e. The van der Waals surface area contributed by atoms with E-state index in [1.54, 1.807) is 0 Å². The number of hydrogen-bond donors (Lipinski definition) is 1. The van der Waals surface area contributed by atoms with Crippen LogP contribution in [0.2, 0.25) is 0 Å². The molecule has 0 aliphatic carbocycles. The van der Waals surface area contributed by atoms with E-state index in [0.29, 0.717) is 11.6 Å². The van der Waals surface area contributed by atoms with Gasteiger partial charge in [-0.3, -0.25) is 0 Å². The molecule has 1 aromatic carbocycles. The molecule has 0 unspecified atom stereocenters. The van der Waals surface area contributed by atoms with Gasteiger partial charge in [0.2, 0.25) is 0 Å². The first-order valence-corrected chi connectivity index (χ1v) is 4.67. The first-order chi connectivity index (χ1) is 6.75. The van der Waals surface area contributed by atoms with Gasteiger partial charge in [-0.1, -0.05) is 18.2 Å². The Bertz CT molecular complexity index is 461. The van der Waals surface area contributed by atoms with Gasteiger partial charge in [-0.2, -0.15) is 0 Å². The summed E-state index contributed by atoms with van der Waals surface area (Å²) >= 11 is 5.60. The molecular weight excluding hydrogens is 198 g/mol. The number of aromatic amines is 1. The molecule has 2 nitrogen and oxygen atoms in total. The molecule has 0 aliphatic rings. The van der Waals surface area contributed by atoms with Crippen LogP contribution < -0.4 is 4.74 Å². The molecule has 0 aliphatic heterocycles. The molecule has 0 bridgehead atoms. The summed E-state index contributed by atoms with van der Waals surface area (Å²) in [5, 5.41) is 1.63. The number of nitrogens with one attached hydrogen (secondary N) is 1. The largest absolute Gasteiger partial charge is 0.488 e. The zero-order valence-corrected chi connectivity index (χ0v) is 8.34. The summed E-state index contributed by atoms with van der Waals surface area (Å²) < 4.78 is 5.40. The third kappa shape index (κ3) is 1.91. The van der Waals surface area contributed by atoms with Gasteiger partial charge in [0.15, 0.2) is 0 Å². The topological polar surface area (TPSA) is 25.0 Å². The van der Waals surface area contributed by atoms with E-state index in [1.165, 1.54) is 0 Å². The van der Waals surface area contributed by atoms with Crippen molar-refractivity contribution in [2.45, 2.75) is 0 Å². The fourth-order valence-electron chi connectivity index (χ4n) is 1.28. The highest BCUT2D eigenvalue weighted by atomic mass is 35.5. The Kier molecular flexibility index (Phi) is 2.46. The van der Waals surface area contributed by atoms with Crippen LogP contribution in [-0.2, 0) is 0 Å². The summed E-state index contributed by atoms with van der Waals surface area (Å²) in [5.41, 5.74) is 1.10. The second kappa shape index (κ2) is 3.76. The minimum Gasteiger partial charge on any atom is -0.488 e. The van der Waals surface area contributed by atoms with E-state index in [1.807, 2.05) is 30.5 Å². The molecule has 0 saturated carbocycles. The van der Waals surface area contributed by atoms with Crippen LogP contribution in [0.4, 0.5) is 0 Å². The Hall–Kier alpha value is -1.41. The average molecular weight is 208 g/mol. The predicted octanol–water partition coefficient (Wildman–Crippen LogP) is 3.30. The second-order valence-electron chi connectivity index (χ2n) is 3.03. The van der Waals surface area contributed by atoms with Crippen molar-refractivity contribution in [3.8, 4) is 5.75 Å². The zero-order chi connectivity index (χ0) is 9.97. The van der Waals surface area contributed by atoms with Crippen LogP contribution >= 0.6 is 11.6 Å². The lowest BCUT2D eigenvalue weighted by Gasteiger charge is -2.04. The molecule has 0 amide bonds. The smallest absolute Gasteiger partial charge is 0.123 e. The van der Waals surface area contributed by atoms with Gasteiger partial charge < -0.3 is 9.72 Å². The fraction of sp³-hybridized carbons (Fsp3) is 0.0909. The summed E-state index contributed by atoms with van der Waals surface area (Å²) in [6.07, 6.45) is 1.90. The molecule has 2 aromatic rings. The molecule has 0 radical (unpaired) electrons. The highest BCUT2D eigenvalue weighted by molar-refractivity contribution is 6.29. The van der Waals surface area contributed by atoms with E-state index in [-0.39, 0.29) is 0 Å². The third-order valence-corrected chi connectivity index (χ3v) is 2.03. The summed E-state index contributed by atoms with van der Waals surface area (Å²) in [4.78, 5) is 3.11. The van der Waals surface area contributed by atoms with Crippen molar-refractivity contribution in [3.05, 3.63) is 42.1 Å². The predicted molar refractivity (Wildman–Crippen MR) is 58.8 cm³/mol. The van der Waals surface area contributed by atoms with Crippen LogP contribution in [0.5, 0.6) is 5.75 Å². The van der Waals surface area contributed by atoms with Crippen LogP contribution in [-0.4, -0.2) is 11.6 Å². The van der Waals surface area contributed by atoms with Crippen molar-refractivity contribution in [3.63, 3.8) is 0 Å². The van der Waals surface area contributed by atoms with Crippen LogP contribution in [0.15, 0.2) is 42.1 Å². The number of rotatable bonds is 3. The van der Waals surface area contributed by atoms with Gasteiger partial charge in [0.05, 0.1) is 0 Å². The SMILES string of the molecule is C=C(Cl)COc1ccc2[nH]ccc2c1. The normalized spacial score (nSPS) is 10.4. The Balaban J connectivity index is 2.21. The number of benzene rings is 1. The summed E-state index contributed by atoms with van der Waals surface area (Å²) in [5.74, 6) is 0.805. The minimum atomic E-state index is 0.345. The van der Waals surface area contributed by atoms with Gasteiger partial charge in [0, 0.05) is 22.1 Å². The lowest BCUT2D eigenvalue weighted by Crippen LogP contribution is -1.95. The Morgan fingerprint density at radius 3 is 3.07 bits per heavy atom. The van der Waals surface area contributed by atoms with E-state index in [0.717, 1.165) is 16.7 Å². The number of halogens is 1.